The fraction of sp³-hybridized carbons (Fsp3) is 0.286. The zero-order valence-electron chi connectivity index (χ0n) is 19.9. The number of ether oxygens (including phenoxy) is 1. The molecule has 1 aliphatic rings. The molecule has 7 heteroatoms. The second-order valence-corrected chi connectivity index (χ2v) is 9.22. The van der Waals surface area contributed by atoms with Gasteiger partial charge in [0.2, 0.25) is 5.91 Å². The van der Waals surface area contributed by atoms with E-state index in [-0.39, 0.29) is 5.91 Å². The molecule has 3 aromatic carbocycles. The molecule has 1 saturated heterocycles. The number of aliphatic hydroxyl groups excluding tert-OH is 1. The van der Waals surface area contributed by atoms with Crippen LogP contribution >= 0.6 is 0 Å². The van der Waals surface area contributed by atoms with Gasteiger partial charge in [-0.05, 0) is 43.5 Å². The van der Waals surface area contributed by atoms with Crippen molar-refractivity contribution < 1.29 is 19.4 Å². The Hall–Kier alpha value is -3.68. The van der Waals surface area contributed by atoms with Gasteiger partial charge in [-0.25, -0.2) is 4.79 Å². The normalized spacial score (nSPS) is 18.7. The first-order valence-corrected chi connectivity index (χ1v) is 11.7. The van der Waals surface area contributed by atoms with E-state index in [1.54, 1.807) is 29.2 Å². The van der Waals surface area contributed by atoms with Crippen molar-refractivity contribution >= 4 is 12.0 Å². The van der Waals surface area contributed by atoms with E-state index in [0.29, 0.717) is 18.7 Å². The predicted molar refractivity (Wildman–Crippen MR) is 134 cm³/mol. The van der Waals surface area contributed by atoms with Crippen molar-refractivity contribution in [3.8, 4) is 5.75 Å². The van der Waals surface area contributed by atoms with Crippen LogP contribution in [0.4, 0.5) is 4.79 Å². The van der Waals surface area contributed by atoms with Crippen molar-refractivity contribution in [1.29, 1.82) is 0 Å². The van der Waals surface area contributed by atoms with E-state index < -0.39 is 29.9 Å². The minimum absolute atomic E-state index is 0.220. The largest absolute Gasteiger partial charge is 0.412 e. The third kappa shape index (κ3) is 6.07. The van der Waals surface area contributed by atoms with Gasteiger partial charge in [-0.1, -0.05) is 78.9 Å². The van der Waals surface area contributed by atoms with Crippen LogP contribution in [-0.4, -0.2) is 45.9 Å². The van der Waals surface area contributed by atoms with Crippen LogP contribution < -0.4 is 15.4 Å². The van der Waals surface area contributed by atoms with Gasteiger partial charge in [-0.15, -0.1) is 0 Å². The molecular formula is C28H31N3O4. The Kier molecular flexibility index (Phi) is 7.48. The molecule has 0 saturated carbocycles. The van der Waals surface area contributed by atoms with Crippen molar-refractivity contribution in [2.45, 2.75) is 50.7 Å². The maximum absolute atomic E-state index is 13.5. The second kappa shape index (κ2) is 10.7. The first-order valence-electron chi connectivity index (χ1n) is 11.7. The van der Waals surface area contributed by atoms with Crippen molar-refractivity contribution in [3.63, 3.8) is 0 Å². The van der Waals surface area contributed by atoms with Gasteiger partial charge in [0.05, 0.1) is 17.8 Å². The lowest BCUT2D eigenvalue weighted by atomic mass is 9.96. The van der Waals surface area contributed by atoms with Crippen molar-refractivity contribution in [2.24, 2.45) is 0 Å². The third-order valence-corrected chi connectivity index (χ3v) is 6.21. The molecule has 0 aromatic heterocycles. The minimum Gasteiger partial charge on any atom is -0.410 e. The summed E-state index contributed by atoms with van der Waals surface area (Å²) in [5.74, 6) is 0.172. The van der Waals surface area contributed by atoms with Crippen LogP contribution in [-0.2, 0) is 17.8 Å². The molecule has 0 aliphatic carbocycles. The Morgan fingerprint density at radius 2 is 1.51 bits per heavy atom. The molecule has 1 heterocycles. The number of benzene rings is 3. The van der Waals surface area contributed by atoms with Crippen molar-refractivity contribution in [2.75, 3.05) is 0 Å². The third-order valence-electron chi connectivity index (χ3n) is 6.21. The maximum Gasteiger partial charge on any atom is 0.412 e. The molecule has 2 amide bonds. The molecule has 3 atom stereocenters. The van der Waals surface area contributed by atoms with Crippen molar-refractivity contribution in [3.05, 3.63) is 102 Å². The smallest absolute Gasteiger partial charge is 0.410 e. The van der Waals surface area contributed by atoms with Crippen LogP contribution in [0.5, 0.6) is 5.75 Å². The first kappa shape index (κ1) is 24.4. The number of amides is 2. The highest BCUT2D eigenvalue weighted by Crippen LogP contribution is 2.26. The number of nitrogens with zero attached hydrogens (tertiary/aromatic N) is 1. The zero-order chi connectivity index (χ0) is 24.8. The Morgan fingerprint density at radius 3 is 2.11 bits per heavy atom. The zero-order valence-corrected chi connectivity index (χ0v) is 19.9. The van der Waals surface area contributed by atoms with Gasteiger partial charge in [0.15, 0.2) is 0 Å². The first-order chi connectivity index (χ1) is 16.8. The number of hydrogen-bond donors (Lipinski definition) is 3. The van der Waals surface area contributed by atoms with Crippen LogP contribution in [0.15, 0.2) is 91.0 Å². The quantitative estimate of drug-likeness (QED) is 0.466. The fourth-order valence-corrected chi connectivity index (χ4v) is 4.37. The van der Waals surface area contributed by atoms with Gasteiger partial charge in [0.1, 0.15) is 11.8 Å². The Bertz CT molecular complexity index is 1120. The van der Waals surface area contributed by atoms with Crippen LogP contribution in [0, 0.1) is 0 Å². The molecule has 7 nitrogen and oxygen atoms in total. The maximum atomic E-state index is 13.5. The van der Waals surface area contributed by atoms with E-state index in [9.17, 15) is 14.7 Å². The molecule has 0 spiro atoms. The van der Waals surface area contributed by atoms with Gasteiger partial charge >= 0.3 is 6.09 Å². The molecule has 2 unspecified atom stereocenters. The average Bonchev–Trinajstić information content (AvgIpc) is 3.08. The highest BCUT2D eigenvalue weighted by Gasteiger charge is 2.49. The highest BCUT2D eigenvalue weighted by atomic mass is 16.6. The molecule has 182 valence electrons. The molecule has 3 aromatic rings. The van der Waals surface area contributed by atoms with Gasteiger partial charge in [-0.3, -0.25) is 10.1 Å². The van der Waals surface area contributed by atoms with E-state index in [1.165, 1.54) is 0 Å². The summed E-state index contributed by atoms with van der Waals surface area (Å²) in [5, 5.41) is 17.4. The Labute approximate surface area is 205 Å². The lowest BCUT2D eigenvalue weighted by Gasteiger charge is -2.31. The summed E-state index contributed by atoms with van der Waals surface area (Å²) < 4.78 is 5.39. The molecule has 4 rings (SSSR count). The molecule has 35 heavy (non-hydrogen) atoms. The van der Waals surface area contributed by atoms with E-state index in [0.717, 1.165) is 11.1 Å². The summed E-state index contributed by atoms with van der Waals surface area (Å²) in [6, 6.07) is 26.3. The number of aliphatic hydroxyl groups is 1. The molecule has 3 N–H and O–H groups in total. The average molecular weight is 474 g/mol. The molecule has 1 fully saturated rings. The SMILES string of the molecule is CC1(C)NC(C(O)[C@H](Cc2ccccc2)NC(=O)Oc2ccccc2)C(=O)N1Cc1ccccc1. The summed E-state index contributed by atoms with van der Waals surface area (Å²) in [5.41, 5.74) is 1.24. The van der Waals surface area contributed by atoms with Crippen LogP contribution in [0.2, 0.25) is 0 Å². The van der Waals surface area contributed by atoms with Gasteiger partial charge in [-0.2, -0.15) is 0 Å². The number of para-hydroxylation sites is 1. The molecule has 1 aliphatic heterocycles. The summed E-state index contributed by atoms with van der Waals surface area (Å²) in [7, 11) is 0. The Balaban J connectivity index is 1.52. The predicted octanol–water partition coefficient (Wildman–Crippen LogP) is 3.48. The molecular weight excluding hydrogens is 442 g/mol. The number of carbonyl (C=O) groups is 2. The summed E-state index contributed by atoms with van der Waals surface area (Å²) in [6.45, 7) is 4.23. The fourth-order valence-electron chi connectivity index (χ4n) is 4.37. The number of hydrogen-bond acceptors (Lipinski definition) is 5. The molecule has 0 radical (unpaired) electrons. The topological polar surface area (TPSA) is 90.9 Å². The van der Waals surface area contributed by atoms with Gasteiger partial charge in [0, 0.05) is 6.54 Å². The number of rotatable bonds is 8. The summed E-state index contributed by atoms with van der Waals surface area (Å²) in [6.07, 6.45) is -1.55. The summed E-state index contributed by atoms with van der Waals surface area (Å²) in [4.78, 5) is 27.9. The van der Waals surface area contributed by atoms with Crippen LogP contribution in [0.3, 0.4) is 0 Å². The second-order valence-electron chi connectivity index (χ2n) is 9.22. The van der Waals surface area contributed by atoms with E-state index in [4.69, 9.17) is 4.74 Å². The van der Waals surface area contributed by atoms with Gasteiger partial charge < -0.3 is 20.1 Å². The highest BCUT2D eigenvalue weighted by molar-refractivity contribution is 5.86. The van der Waals surface area contributed by atoms with Crippen molar-refractivity contribution in [1.82, 2.24) is 15.5 Å². The molecule has 0 bridgehead atoms. The minimum atomic E-state index is -1.19. The van der Waals surface area contributed by atoms with E-state index in [1.807, 2.05) is 80.6 Å². The van der Waals surface area contributed by atoms with Crippen LogP contribution in [0.25, 0.3) is 0 Å². The van der Waals surface area contributed by atoms with E-state index in [2.05, 4.69) is 10.6 Å². The monoisotopic (exact) mass is 473 g/mol. The standard InChI is InChI=1S/C28H31N3O4/c1-28(2)30-24(26(33)31(28)19-21-14-8-4-9-15-21)25(32)23(18-20-12-6-3-7-13-20)29-27(34)35-22-16-10-5-11-17-22/h3-17,23-25,30,32H,18-19H2,1-2H3,(H,29,34)/t23-,24?,25?/m0/s1. The summed E-state index contributed by atoms with van der Waals surface area (Å²) >= 11 is 0. The number of nitrogens with one attached hydrogen (secondary N) is 2. The van der Waals surface area contributed by atoms with Crippen LogP contribution in [0.1, 0.15) is 25.0 Å². The van der Waals surface area contributed by atoms with E-state index >= 15 is 0 Å². The lowest BCUT2D eigenvalue weighted by Crippen LogP contribution is -2.56. The Morgan fingerprint density at radius 1 is 0.971 bits per heavy atom. The number of carbonyl (C=O) groups excluding carboxylic acids is 2. The lowest BCUT2D eigenvalue weighted by molar-refractivity contribution is -0.134. The van der Waals surface area contributed by atoms with Gasteiger partial charge in [0.25, 0.3) is 0 Å².